The summed E-state index contributed by atoms with van der Waals surface area (Å²) in [6.45, 7) is 3.09. The summed E-state index contributed by atoms with van der Waals surface area (Å²) >= 11 is 0.987. The van der Waals surface area contributed by atoms with Crippen molar-refractivity contribution in [3.8, 4) is 0 Å². The molecule has 0 amide bonds. The molecule has 2 nitrogen and oxygen atoms in total. The molecule has 0 radical (unpaired) electrons. The van der Waals surface area contributed by atoms with Gasteiger partial charge in [0.1, 0.15) is 0 Å². The van der Waals surface area contributed by atoms with Crippen molar-refractivity contribution in [2.75, 3.05) is 0 Å². The Morgan fingerprint density at radius 2 is 1.67 bits per heavy atom. The first-order valence-electron chi connectivity index (χ1n) is 3.52. The molecule has 0 aliphatic rings. The Hall–Kier alpha value is -0.388. The summed E-state index contributed by atoms with van der Waals surface area (Å²) in [6, 6.07) is 8.71. The molecule has 0 N–H and O–H groups in total. The summed E-state index contributed by atoms with van der Waals surface area (Å²) in [6.07, 6.45) is 0. The molecule has 0 saturated heterocycles. The summed E-state index contributed by atoms with van der Waals surface area (Å²) in [7, 11) is 0. The summed E-state index contributed by atoms with van der Waals surface area (Å²) in [5.41, 5.74) is 1.36. The van der Waals surface area contributed by atoms with Crippen LogP contribution in [0, 0.1) is 6.92 Å². The van der Waals surface area contributed by atoms with Crippen LogP contribution in [0.3, 0.4) is 0 Å². The van der Waals surface area contributed by atoms with Gasteiger partial charge in [0.15, 0.2) is 0 Å². The number of benzene rings is 1. The second kappa shape index (κ2) is 6.16. The van der Waals surface area contributed by atoms with Crippen molar-refractivity contribution >= 4 is 34.9 Å². The molecule has 0 spiro atoms. The van der Waals surface area contributed by atoms with E-state index in [1.54, 1.807) is 0 Å². The summed E-state index contributed by atoms with van der Waals surface area (Å²) < 4.78 is 1.50. The molecule has 0 aliphatic heterocycles. The molecule has 0 saturated carbocycles. The van der Waals surface area contributed by atoms with E-state index in [2.05, 4.69) is 31.2 Å². The predicted octanol–water partition coefficient (Wildman–Crippen LogP) is -0.455. The van der Waals surface area contributed by atoms with E-state index in [0.717, 1.165) is 32.7 Å². The molecule has 1 rings (SSSR count). The van der Waals surface area contributed by atoms with Gasteiger partial charge in [-0.05, 0) is 6.92 Å². The Labute approximate surface area is 88.3 Å². The zero-order valence-corrected chi connectivity index (χ0v) is 11.7. The SMILES string of the molecule is CC(=O)[O-].Cc1cc[c]([Tl])cc1. The van der Waals surface area contributed by atoms with Crippen LogP contribution in [0.5, 0.6) is 0 Å². The Kier molecular flexibility index (Phi) is 5.96. The second-order valence-corrected chi connectivity index (χ2v) is 4.99. The molecule has 1 aromatic rings. The van der Waals surface area contributed by atoms with Gasteiger partial charge in [0.05, 0.1) is 0 Å². The molecule has 0 unspecified atom stereocenters. The Balaban J connectivity index is 0.000000261. The molecule has 0 aliphatic carbocycles. The van der Waals surface area contributed by atoms with Crippen LogP contribution in [0.25, 0.3) is 0 Å². The Bertz CT molecular complexity index is 216. The second-order valence-electron chi connectivity index (χ2n) is 2.40. The van der Waals surface area contributed by atoms with Crippen molar-refractivity contribution in [3.63, 3.8) is 0 Å². The predicted molar refractivity (Wildman–Crippen MR) is 47.2 cm³/mol. The zero-order chi connectivity index (χ0) is 9.56. The zero-order valence-electron chi connectivity index (χ0n) is 7.20. The third kappa shape index (κ3) is 7.72. The van der Waals surface area contributed by atoms with E-state index < -0.39 is 5.97 Å². The van der Waals surface area contributed by atoms with Gasteiger partial charge in [0.2, 0.25) is 0 Å². The fourth-order valence-electron chi connectivity index (χ4n) is 0.566. The summed E-state index contributed by atoms with van der Waals surface area (Å²) in [5.74, 6) is -1.08. The normalized spacial score (nSPS) is 8.08. The number of carbonyl (C=O) groups is 1. The van der Waals surface area contributed by atoms with Gasteiger partial charge in [-0.1, -0.05) is 0 Å². The van der Waals surface area contributed by atoms with Gasteiger partial charge in [-0.25, -0.2) is 0 Å². The van der Waals surface area contributed by atoms with E-state index in [1.807, 2.05) is 0 Å². The van der Waals surface area contributed by atoms with Crippen LogP contribution in [-0.2, 0) is 4.79 Å². The third-order valence-electron chi connectivity index (χ3n) is 1.08. The number of carboxylic acid groups (broad SMARTS) is 1. The minimum atomic E-state index is -1.08. The molecular weight excluding hydrogens is 344 g/mol. The molecule has 3 heteroatoms. The molecule has 0 fully saturated rings. The van der Waals surface area contributed by atoms with Crippen LogP contribution < -0.4 is 8.23 Å². The van der Waals surface area contributed by atoms with Crippen LogP contribution in [0.15, 0.2) is 24.3 Å². The van der Waals surface area contributed by atoms with Crippen molar-refractivity contribution in [2.24, 2.45) is 0 Å². The van der Waals surface area contributed by atoms with E-state index in [1.165, 1.54) is 8.69 Å². The average Bonchev–Trinajstić information content (AvgIpc) is 1.94. The van der Waals surface area contributed by atoms with Crippen LogP contribution in [0.1, 0.15) is 12.5 Å². The first-order valence-corrected chi connectivity index (χ1v) is 5.76. The summed E-state index contributed by atoms with van der Waals surface area (Å²) in [4.78, 5) is 8.89. The molecule has 0 atom stereocenters. The number of rotatable bonds is 0. The Morgan fingerprint density at radius 3 is 1.92 bits per heavy atom. The fraction of sp³-hybridized carbons (Fsp3) is 0.222. The first-order chi connectivity index (χ1) is 5.52. The van der Waals surface area contributed by atoms with E-state index >= 15 is 0 Å². The topological polar surface area (TPSA) is 40.1 Å². The van der Waals surface area contributed by atoms with Crippen molar-refractivity contribution in [2.45, 2.75) is 13.8 Å². The third-order valence-corrected chi connectivity index (χ3v) is 2.57. The molecule has 1 aromatic carbocycles. The fourth-order valence-corrected chi connectivity index (χ4v) is 1.31. The standard InChI is InChI=1S/C7H7.C2H4O2.Tl/c1-7-5-3-2-4-6-7;1-2(3)4;/h3-6H,1H3;1H3,(H,3,4);/p-1. The number of aliphatic carboxylic acids is 1. The summed E-state index contributed by atoms with van der Waals surface area (Å²) in [5, 5.41) is 8.89. The molecule has 12 heavy (non-hydrogen) atoms. The van der Waals surface area contributed by atoms with Crippen LogP contribution in [-0.4, -0.2) is 31.7 Å². The van der Waals surface area contributed by atoms with Crippen LogP contribution >= 0.6 is 0 Å². The van der Waals surface area contributed by atoms with E-state index in [4.69, 9.17) is 9.90 Å². The van der Waals surface area contributed by atoms with Gasteiger partial charge in [-0.2, -0.15) is 0 Å². The molecule has 0 heterocycles. The molecular formula is C9H10O2Tl-. The van der Waals surface area contributed by atoms with Crippen molar-refractivity contribution < 1.29 is 9.90 Å². The van der Waals surface area contributed by atoms with Gasteiger partial charge < -0.3 is 9.90 Å². The molecule has 62 valence electrons. The number of hydrogen-bond acceptors (Lipinski definition) is 2. The molecule has 0 aromatic heterocycles. The van der Waals surface area contributed by atoms with Gasteiger partial charge >= 0.3 is 65.6 Å². The van der Waals surface area contributed by atoms with E-state index in [-0.39, 0.29) is 0 Å². The maximum absolute atomic E-state index is 8.89. The van der Waals surface area contributed by atoms with Crippen molar-refractivity contribution in [1.82, 2.24) is 0 Å². The Morgan fingerprint density at radius 1 is 1.33 bits per heavy atom. The van der Waals surface area contributed by atoms with Crippen LogP contribution in [0.4, 0.5) is 0 Å². The minimum absolute atomic E-state index is 0.972. The monoisotopic (exact) mass is 355 g/mol. The number of hydrogen-bond donors (Lipinski definition) is 0. The number of carbonyl (C=O) groups excluding carboxylic acids is 1. The quantitative estimate of drug-likeness (QED) is 0.592. The van der Waals surface area contributed by atoms with Gasteiger partial charge in [0.25, 0.3) is 0 Å². The van der Waals surface area contributed by atoms with E-state index in [0.29, 0.717) is 0 Å². The van der Waals surface area contributed by atoms with Crippen molar-refractivity contribution in [3.05, 3.63) is 29.8 Å². The van der Waals surface area contributed by atoms with E-state index in [9.17, 15) is 0 Å². The maximum atomic E-state index is 8.89. The van der Waals surface area contributed by atoms with Crippen molar-refractivity contribution in [1.29, 1.82) is 0 Å². The number of aryl methyl sites for hydroxylation is 1. The van der Waals surface area contributed by atoms with Gasteiger partial charge in [0, 0.05) is 5.97 Å². The molecule has 0 bridgehead atoms. The number of carboxylic acids is 1. The van der Waals surface area contributed by atoms with Crippen LogP contribution in [0.2, 0.25) is 0 Å². The van der Waals surface area contributed by atoms with Gasteiger partial charge in [-0.15, -0.1) is 0 Å². The first kappa shape index (κ1) is 11.6. The van der Waals surface area contributed by atoms with Gasteiger partial charge in [-0.3, -0.25) is 0 Å². The average molecular weight is 355 g/mol.